The summed E-state index contributed by atoms with van der Waals surface area (Å²) in [4.78, 5) is 16.7. The molecule has 8 nitrogen and oxygen atoms in total. The second-order valence-corrected chi connectivity index (χ2v) is 6.16. The summed E-state index contributed by atoms with van der Waals surface area (Å²) in [6, 6.07) is 1.82. The predicted octanol–water partition coefficient (Wildman–Crippen LogP) is 0.871. The lowest BCUT2D eigenvalue weighted by Gasteiger charge is -2.21. The Hall–Kier alpha value is -2.22. The molecular weight excluding hydrogens is 308 g/mol. The van der Waals surface area contributed by atoms with Gasteiger partial charge >= 0.3 is 0 Å². The Labute approximate surface area is 141 Å². The monoisotopic (exact) mass is 332 g/mol. The van der Waals surface area contributed by atoms with E-state index in [1.54, 1.807) is 6.33 Å². The molecule has 2 aromatic heterocycles. The van der Waals surface area contributed by atoms with Gasteiger partial charge in [-0.1, -0.05) is 5.16 Å². The summed E-state index contributed by atoms with van der Waals surface area (Å²) < 4.78 is 7.20. The summed E-state index contributed by atoms with van der Waals surface area (Å²) >= 11 is 0. The highest BCUT2D eigenvalue weighted by molar-refractivity contribution is 5.78. The summed E-state index contributed by atoms with van der Waals surface area (Å²) in [5.74, 6) is 1.72. The maximum atomic E-state index is 12.4. The molecule has 3 rings (SSSR count). The zero-order valence-corrected chi connectivity index (χ0v) is 14.3. The number of carbonyl (C=O) groups is 1. The molecule has 1 aliphatic heterocycles. The van der Waals surface area contributed by atoms with E-state index in [4.69, 9.17) is 4.52 Å². The molecule has 1 fully saturated rings. The van der Waals surface area contributed by atoms with Crippen molar-refractivity contribution in [3.63, 3.8) is 0 Å². The van der Waals surface area contributed by atoms with Crippen LogP contribution in [0, 0.1) is 6.92 Å². The number of aryl methyl sites for hydroxylation is 2. The molecule has 0 unspecified atom stereocenters. The van der Waals surface area contributed by atoms with E-state index in [0.717, 1.165) is 57.2 Å². The molecule has 1 saturated heterocycles. The summed E-state index contributed by atoms with van der Waals surface area (Å²) in [5.41, 5.74) is 0.805. The van der Waals surface area contributed by atoms with Crippen LogP contribution < -0.4 is 0 Å². The Morgan fingerprint density at radius 1 is 1.29 bits per heavy atom. The third-order valence-corrected chi connectivity index (χ3v) is 4.34. The van der Waals surface area contributed by atoms with Gasteiger partial charge in [-0.2, -0.15) is 0 Å². The van der Waals surface area contributed by atoms with Gasteiger partial charge in [0.1, 0.15) is 17.9 Å². The molecule has 0 saturated carbocycles. The number of rotatable bonds is 5. The molecule has 1 aliphatic rings. The smallest absolute Gasteiger partial charge is 0.230 e. The molecule has 0 aliphatic carbocycles. The first kappa shape index (κ1) is 16.6. The minimum atomic E-state index is 0.102. The minimum Gasteiger partial charge on any atom is -0.361 e. The highest BCUT2D eigenvalue weighted by Gasteiger charge is 2.21. The van der Waals surface area contributed by atoms with Crippen LogP contribution in [-0.4, -0.2) is 61.8 Å². The highest BCUT2D eigenvalue weighted by atomic mass is 16.5. The predicted molar refractivity (Wildman–Crippen MR) is 87.1 cm³/mol. The Morgan fingerprint density at radius 2 is 2.17 bits per heavy atom. The molecule has 0 N–H and O–H groups in total. The van der Waals surface area contributed by atoms with Gasteiger partial charge in [0.15, 0.2) is 0 Å². The largest absolute Gasteiger partial charge is 0.361 e. The quantitative estimate of drug-likeness (QED) is 0.808. The van der Waals surface area contributed by atoms with Crippen molar-refractivity contribution in [1.29, 1.82) is 0 Å². The van der Waals surface area contributed by atoms with Gasteiger partial charge in [-0.3, -0.25) is 9.69 Å². The average Bonchev–Trinajstić information content (AvgIpc) is 3.10. The Balaban J connectivity index is 1.53. The van der Waals surface area contributed by atoms with Crippen molar-refractivity contribution < 1.29 is 9.32 Å². The van der Waals surface area contributed by atoms with Gasteiger partial charge in [-0.05, 0) is 20.3 Å². The zero-order valence-electron chi connectivity index (χ0n) is 14.3. The van der Waals surface area contributed by atoms with Crippen molar-refractivity contribution in [2.75, 3.05) is 26.2 Å². The standard InChI is InChI=1S/C16H24N6O2/c1-3-21-12-17-18-15(21)11-20-5-4-6-22(8-7-20)16(23)10-14-9-13(2)19-24-14/h9,12H,3-8,10-11H2,1-2H3. The van der Waals surface area contributed by atoms with E-state index in [9.17, 15) is 4.79 Å². The van der Waals surface area contributed by atoms with Gasteiger partial charge in [0.2, 0.25) is 5.91 Å². The van der Waals surface area contributed by atoms with Gasteiger partial charge in [0, 0.05) is 38.8 Å². The van der Waals surface area contributed by atoms with Crippen LogP contribution in [0.2, 0.25) is 0 Å². The van der Waals surface area contributed by atoms with E-state index < -0.39 is 0 Å². The molecule has 1 amide bonds. The first-order chi connectivity index (χ1) is 11.7. The number of aromatic nitrogens is 4. The topological polar surface area (TPSA) is 80.3 Å². The average molecular weight is 332 g/mol. The normalized spacial score (nSPS) is 16.3. The van der Waals surface area contributed by atoms with Crippen LogP contribution in [0.3, 0.4) is 0 Å². The summed E-state index contributed by atoms with van der Waals surface area (Å²) in [6.45, 7) is 8.90. The van der Waals surface area contributed by atoms with Crippen molar-refractivity contribution in [2.24, 2.45) is 0 Å². The van der Waals surface area contributed by atoms with E-state index in [2.05, 4.69) is 31.7 Å². The molecule has 130 valence electrons. The van der Waals surface area contributed by atoms with Crippen molar-refractivity contribution in [1.82, 2.24) is 29.7 Å². The number of hydrogen-bond donors (Lipinski definition) is 0. The molecule has 8 heteroatoms. The van der Waals surface area contributed by atoms with Crippen LogP contribution in [-0.2, 0) is 24.3 Å². The lowest BCUT2D eigenvalue weighted by atomic mass is 10.2. The highest BCUT2D eigenvalue weighted by Crippen LogP contribution is 2.10. The van der Waals surface area contributed by atoms with Crippen molar-refractivity contribution in [2.45, 2.75) is 39.8 Å². The van der Waals surface area contributed by atoms with E-state index in [1.165, 1.54) is 0 Å². The van der Waals surface area contributed by atoms with E-state index in [0.29, 0.717) is 5.76 Å². The second kappa shape index (κ2) is 7.57. The Kier molecular flexibility index (Phi) is 5.24. The first-order valence-corrected chi connectivity index (χ1v) is 8.44. The number of hydrogen-bond acceptors (Lipinski definition) is 6. The fraction of sp³-hybridized carbons (Fsp3) is 0.625. The fourth-order valence-electron chi connectivity index (χ4n) is 3.00. The molecule has 0 aromatic carbocycles. The van der Waals surface area contributed by atoms with Gasteiger partial charge in [-0.25, -0.2) is 0 Å². The van der Waals surface area contributed by atoms with Crippen LogP contribution in [0.4, 0.5) is 0 Å². The number of nitrogens with zero attached hydrogens (tertiary/aromatic N) is 6. The van der Waals surface area contributed by atoms with Crippen LogP contribution in [0.25, 0.3) is 0 Å². The van der Waals surface area contributed by atoms with Crippen molar-refractivity contribution in [3.8, 4) is 0 Å². The SMILES string of the molecule is CCn1cnnc1CN1CCCN(C(=O)Cc2cc(C)no2)CC1. The van der Waals surface area contributed by atoms with Gasteiger partial charge in [-0.15, -0.1) is 10.2 Å². The third-order valence-electron chi connectivity index (χ3n) is 4.34. The van der Waals surface area contributed by atoms with E-state index in [1.807, 2.05) is 17.9 Å². The number of carbonyl (C=O) groups excluding carboxylic acids is 1. The third kappa shape index (κ3) is 4.00. The summed E-state index contributed by atoms with van der Waals surface area (Å²) in [6.07, 6.45) is 3.01. The summed E-state index contributed by atoms with van der Waals surface area (Å²) in [7, 11) is 0. The van der Waals surface area contributed by atoms with Crippen LogP contribution in [0.15, 0.2) is 16.9 Å². The van der Waals surface area contributed by atoms with E-state index >= 15 is 0 Å². The zero-order chi connectivity index (χ0) is 16.9. The molecule has 2 aromatic rings. The molecular formula is C16H24N6O2. The van der Waals surface area contributed by atoms with Crippen LogP contribution >= 0.6 is 0 Å². The molecule has 0 spiro atoms. The molecule has 0 bridgehead atoms. The maximum Gasteiger partial charge on any atom is 0.230 e. The van der Waals surface area contributed by atoms with Crippen LogP contribution in [0.5, 0.6) is 0 Å². The Morgan fingerprint density at radius 3 is 2.92 bits per heavy atom. The fourth-order valence-corrected chi connectivity index (χ4v) is 3.00. The number of amides is 1. The molecule has 0 atom stereocenters. The summed E-state index contributed by atoms with van der Waals surface area (Å²) in [5, 5.41) is 12.0. The molecule has 3 heterocycles. The lowest BCUT2D eigenvalue weighted by Crippen LogP contribution is -2.36. The van der Waals surface area contributed by atoms with Crippen LogP contribution in [0.1, 0.15) is 30.6 Å². The van der Waals surface area contributed by atoms with Crippen molar-refractivity contribution in [3.05, 3.63) is 29.7 Å². The van der Waals surface area contributed by atoms with Crippen molar-refractivity contribution >= 4 is 5.91 Å². The maximum absolute atomic E-state index is 12.4. The first-order valence-electron chi connectivity index (χ1n) is 8.44. The second-order valence-electron chi connectivity index (χ2n) is 6.16. The van der Waals surface area contributed by atoms with Gasteiger partial charge < -0.3 is 14.0 Å². The lowest BCUT2D eigenvalue weighted by molar-refractivity contribution is -0.130. The molecule has 24 heavy (non-hydrogen) atoms. The minimum absolute atomic E-state index is 0.102. The van der Waals surface area contributed by atoms with Gasteiger partial charge in [0.05, 0.1) is 18.7 Å². The Bertz CT molecular complexity index is 680. The van der Waals surface area contributed by atoms with Gasteiger partial charge in [0.25, 0.3) is 0 Å². The van der Waals surface area contributed by atoms with E-state index in [-0.39, 0.29) is 12.3 Å². The molecule has 0 radical (unpaired) electrons.